The number of fused-ring (bicyclic) bond motifs is 4. The molecule has 6 rings (SSSR count). The Bertz CT molecular complexity index is 1620. The van der Waals surface area contributed by atoms with Crippen molar-refractivity contribution < 1.29 is 23.9 Å². The molecule has 2 saturated heterocycles. The Morgan fingerprint density at radius 2 is 1.02 bits per heavy atom. The van der Waals surface area contributed by atoms with Crippen LogP contribution in [0.3, 0.4) is 0 Å². The zero-order valence-electron chi connectivity index (χ0n) is 24.7. The van der Waals surface area contributed by atoms with E-state index >= 15 is 0 Å². The van der Waals surface area contributed by atoms with E-state index in [-0.39, 0.29) is 45.2 Å². The van der Waals surface area contributed by atoms with Gasteiger partial charge in [-0.2, -0.15) is 0 Å². The van der Waals surface area contributed by atoms with Crippen LogP contribution in [0.5, 0.6) is 0 Å². The minimum atomic E-state index is -1.07. The Hall–Kier alpha value is -4.91. The summed E-state index contributed by atoms with van der Waals surface area (Å²) in [5.41, 5.74) is -0.231. The van der Waals surface area contributed by atoms with E-state index in [2.05, 4.69) is 25.3 Å². The SMILES string of the molecule is C=CCOC(=O)N1CC2(Cc3ccc4ccccc4c3)CN(C(=O)OCC=C)CC(Cc3ccc4ccccc4c3)(C1)C2=O. The number of Topliss-reactive ketones (excluding diaryl/α,β-unsaturated/α-hetero) is 1. The average molecular weight is 589 g/mol. The highest BCUT2D eigenvalue weighted by atomic mass is 16.6. The molecule has 2 aliphatic rings. The predicted octanol–water partition coefficient (Wildman–Crippen LogP) is 6.60. The maximum atomic E-state index is 15.0. The summed E-state index contributed by atoms with van der Waals surface area (Å²) in [5, 5.41) is 4.32. The first-order chi connectivity index (χ1) is 21.3. The van der Waals surface area contributed by atoms with Crippen molar-refractivity contribution in [3.05, 3.63) is 121 Å². The second-order valence-electron chi connectivity index (χ2n) is 12.0. The van der Waals surface area contributed by atoms with Crippen molar-refractivity contribution in [2.75, 3.05) is 39.4 Å². The first-order valence-corrected chi connectivity index (χ1v) is 14.9. The Labute approximate surface area is 257 Å². The first-order valence-electron chi connectivity index (χ1n) is 14.9. The summed E-state index contributed by atoms with van der Waals surface area (Å²) in [4.78, 5) is 45.1. The number of hydrogen-bond acceptors (Lipinski definition) is 5. The van der Waals surface area contributed by atoms with E-state index < -0.39 is 23.0 Å². The fourth-order valence-corrected chi connectivity index (χ4v) is 7.09. The summed E-state index contributed by atoms with van der Waals surface area (Å²) in [6.45, 7) is 7.98. The summed E-state index contributed by atoms with van der Waals surface area (Å²) >= 11 is 0. The molecular formula is C37H36N2O5. The molecule has 0 atom stereocenters. The fourth-order valence-electron chi connectivity index (χ4n) is 7.09. The largest absolute Gasteiger partial charge is 0.445 e. The lowest BCUT2D eigenvalue weighted by atomic mass is 9.58. The smallest absolute Gasteiger partial charge is 0.410 e. The number of carbonyl (C=O) groups is 3. The molecule has 0 aliphatic carbocycles. The van der Waals surface area contributed by atoms with Gasteiger partial charge in [-0.25, -0.2) is 9.59 Å². The molecule has 7 heteroatoms. The summed E-state index contributed by atoms with van der Waals surface area (Å²) in [6.07, 6.45) is 2.78. The number of ketones is 1. The second-order valence-corrected chi connectivity index (χ2v) is 12.0. The summed E-state index contributed by atoms with van der Waals surface area (Å²) < 4.78 is 11.0. The molecule has 0 unspecified atom stereocenters. The van der Waals surface area contributed by atoms with Crippen molar-refractivity contribution in [1.29, 1.82) is 0 Å². The lowest BCUT2D eigenvalue weighted by Crippen LogP contribution is -2.72. The molecule has 4 aromatic rings. The van der Waals surface area contributed by atoms with Gasteiger partial charge in [-0.05, 0) is 45.5 Å². The molecule has 224 valence electrons. The van der Waals surface area contributed by atoms with Gasteiger partial charge in [0.15, 0.2) is 5.78 Å². The molecule has 4 aromatic carbocycles. The van der Waals surface area contributed by atoms with Crippen molar-refractivity contribution in [3.8, 4) is 0 Å². The fraction of sp³-hybridized carbons (Fsp3) is 0.270. The number of carbonyl (C=O) groups excluding carboxylic acids is 3. The van der Waals surface area contributed by atoms with Gasteiger partial charge in [-0.1, -0.05) is 110 Å². The molecular weight excluding hydrogens is 552 g/mol. The van der Waals surface area contributed by atoms with Crippen LogP contribution >= 0.6 is 0 Å². The van der Waals surface area contributed by atoms with Crippen LogP contribution in [0.15, 0.2) is 110 Å². The van der Waals surface area contributed by atoms with E-state index in [1.54, 1.807) is 9.80 Å². The van der Waals surface area contributed by atoms with Crippen molar-refractivity contribution in [2.45, 2.75) is 12.8 Å². The monoisotopic (exact) mass is 588 g/mol. The van der Waals surface area contributed by atoms with Gasteiger partial charge in [0.1, 0.15) is 13.2 Å². The number of nitrogens with zero attached hydrogens (tertiary/aromatic N) is 2. The van der Waals surface area contributed by atoms with Gasteiger partial charge in [0.25, 0.3) is 0 Å². The minimum absolute atomic E-state index is 0.0619. The third-order valence-electron chi connectivity index (χ3n) is 8.82. The molecule has 2 heterocycles. The summed E-state index contributed by atoms with van der Waals surface area (Å²) in [7, 11) is 0. The Morgan fingerprint density at radius 1 is 0.636 bits per heavy atom. The predicted molar refractivity (Wildman–Crippen MR) is 171 cm³/mol. The average Bonchev–Trinajstić information content (AvgIpc) is 3.03. The quantitative estimate of drug-likeness (QED) is 0.217. The lowest BCUT2D eigenvalue weighted by Gasteiger charge is -2.56. The van der Waals surface area contributed by atoms with Crippen LogP contribution in [0, 0.1) is 10.8 Å². The molecule has 0 radical (unpaired) electrons. The van der Waals surface area contributed by atoms with Crippen LogP contribution in [0.4, 0.5) is 9.59 Å². The maximum absolute atomic E-state index is 15.0. The van der Waals surface area contributed by atoms with Crippen LogP contribution in [0.2, 0.25) is 0 Å². The summed E-state index contributed by atoms with van der Waals surface area (Å²) in [5.74, 6) is 0.0619. The van der Waals surface area contributed by atoms with Crippen LogP contribution in [0.25, 0.3) is 21.5 Å². The van der Waals surface area contributed by atoms with Crippen molar-refractivity contribution in [3.63, 3.8) is 0 Å². The van der Waals surface area contributed by atoms with E-state index in [9.17, 15) is 14.4 Å². The van der Waals surface area contributed by atoms with Gasteiger partial charge in [-0.3, -0.25) is 4.79 Å². The van der Waals surface area contributed by atoms with Gasteiger partial charge in [0.05, 0.1) is 10.8 Å². The molecule has 2 amide bonds. The number of amides is 2. The highest BCUT2D eigenvalue weighted by molar-refractivity contribution is 5.96. The number of piperidine rings is 2. The third-order valence-corrected chi connectivity index (χ3v) is 8.82. The van der Waals surface area contributed by atoms with E-state index in [1.807, 2.05) is 72.8 Å². The van der Waals surface area contributed by atoms with Gasteiger partial charge in [0, 0.05) is 26.2 Å². The molecule has 2 aliphatic heterocycles. The zero-order chi connectivity index (χ0) is 30.7. The normalized spacial score (nSPS) is 21.2. The van der Waals surface area contributed by atoms with Crippen LogP contribution in [-0.4, -0.2) is 67.2 Å². The number of ether oxygens (including phenoxy) is 2. The molecule has 0 aromatic heterocycles. The molecule has 0 spiro atoms. The van der Waals surface area contributed by atoms with Gasteiger partial charge >= 0.3 is 12.2 Å². The Balaban J connectivity index is 1.45. The molecule has 0 N–H and O–H groups in total. The molecule has 2 bridgehead atoms. The number of likely N-dealkylation sites (tertiary alicyclic amines) is 2. The van der Waals surface area contributed by atoms with Gasteiger partial charge < -0.3 is 19.3 Å². The Morgan fingerprint density at radius 3 is 1.41 bits per heavy atom. The standard InChI is InChI=1S/C37H36N2O5/c1-3-17-43-34(41)38-23-36(21-27-13-15-29-9-5-7-11-31(29)19-27)25-39(35(42)44-18-4-2)26-37(24-38,33(36)40)22-28-14-16-30-10-6-8-12-32(30)20-28/h3-16,19-20H,1-2,17-18,21-26H2. The maximum Gasteiger partial charge on any atom is 0.410 e. The highest BCUT2D eigenvalue weighted by Crippen LogP contribution is 2.47. The highest BCUT2D eigenvalue weighted by Gasteiger charge is 2.61. The molecule has 44 heavy (non-hydrogen) atoms. The van der Waals surface area contributed by atoms with E-state index in [1.165, 1.54) is 12.2 Å². The summed E-state index contributed by atoms with van der Waals surface area (Å²) in [6, 6.07) is 28.5. The van der Waals surface area contributed by atoms with Crippen LogP contribution < -0.4 is 0 Å². The van der Waals surface area contributed by atoms with Gasteiger partial charge in [0.2, 0.25) is 0 Å². The van der Waals surface area contributed by atoms with E-state index in [0.717, 1.165) is 32.7 Å². The van der Waals surface area contributed by atoms with E-state index in [0.29, 0.717) is 12.8 Å². The van der Waals surface area contributed by atoms with Gasteiger partial charge in [-0.15, -0.1) is 0 Å². The molecule has 0 saturated carbocycles. The van der Waals surface area contributed by atoms with Crippen molar-refractivity contribution >= 4 is 39.5 Å². The van der Waals surface area contributed by atoms with Crippen molar-refractivity contribution in [1.82, 2.24) is 9.80 Å². The number of benzene rings is 4. The number of rotatable bonds is 8. The van der Waals surface area contributed by atoms with Crippen LogP contribution in [-0.2, 0) is 27.1 Å². The zero-order valence-corrected chi connectivity index (χ0v) is 24.7. The van der Waals surface area contributed by atoms with Crippen LogP contribution in [0.1, 0.15) is 11.1 Å². The molecule has 7 nitrogen and oxygen atoms in total. The third kappa shape index (κ3) is 5.57. The van der Waals surface area contributed by atoms with E-state index in [4.69, 9.17) is 9.47 Å². The Kier molecular flexibility index (Phi) is 7.95. The minimum Gasteiger partial charge on any atom is -0.445 e. The lowest BCUT2D eigenvalue weighted by molar-refractivity contribution is -0.158. The first kappa shape index (κ1) is 29.2. The van der Waals surface area contributed by atoms with Crippen molar-refractivity contribution in [2.24, 2.45) is 10.8 Å². The topological polar surface area (TPSA) is 76.2 Å². The number of hydrogen-bond donors (Lipinski definition) is 0. The molecule has 2 fully saturated rings. The second kappa shape index (κ2) is 12.0.